The summed E-state index contributed by atoms with van der Waals surface area (Å²) >= 11 is 6.98. The molecule has 7 nitrogen and oxygen atoms in total. The highest BCUT2D eigenvalue weighted by Crippen LogP contribution is 2.16. The Bertz CT molecular complexity index is 775. The van der Waals surface area contributed by atoms with Crippen LogP contribution in [0.1, 0.15) is 18.4 Å². The van der Waals surface area contributed by atoms with Crippen molar-refractivity contribution in [3.8, 4) is 0 Å². The molecule has 0 saturated heterocycles. The number of rotatable bonds is 7. The summed E-state index contributed by atoms with van der Waals surface area (Å²) in [6, 6.07) is 5.66. The van der Waals surface area contributed by atoms with E-state index in [1.54, 1.807) is 0 Å². The lowest BCUT2D eigenvalue weighted by Crippen LogP contribution is -2.32. The molecule has 23 heavy (non-hydrogen) atoms. The van der Waals surface area contributed by atoms with Crippen molar-refractivity contribution in [2.75, 3.05) is 11.9 Å². The van der Waals surface area contributed by atoms with Gasteiger partial charge in [-0.3, -0.25) is 10.1 Å². The Labute approximate surface area is 143 Å². The second kappa shape index (κ2) is 7.82. The SMILES string of the molecule is CCCc1nnc(NC(=O)CNS(=O)(=O)c2ccc(Cl)cc2)s1. The molecule has 0 aliphatic rings. The summed E-state index contributed by atoms with van der Waals surface area (Å²) in [6.07, 6.45) is 1.72. The molecule has 0 fully saturated rings. The van der Waals surface area contributed by atoms with Gasteiger partial charge in [0.1, 0.15) is 5.01 Å². The van der Waals surface area contributed by atoms with Gasteiger partial charge >= 0.3 is 0 Å². The van der Waals surface area contributed by atoms with Crippen LogP contribution < -0.4 is 10.0 Å². The second-order valence-electron chi connectivity index (χ2n) is 4.58. The molecule has 0 aliphatic heterocycles. The molecule has 0 radical (unpaired) electrons. The number of carbonyl (C=O) groups excluding carboxylic acids is 1. The van der Waals surface area contributed by atoms with Crippen LogP contribution in [-0.4, -0.2) is 31.1 Å². The molecule has 10 heteroatoms. The van der Waals surface area contributed by atoms with Crippen LogP contribution in [0, 0.1) is 0 Å². The van der Waals surface area contributed by atoms with Crippen LogP contribution in [0.25, 0.3) is 0 Å². The number of aromatic nitrogens is 2. The first-order chi connectivity index (χ1) is 10.9. The molecule has 1 aromatic heterocycles. The van der Waals surface area contributed by atoms with Crippen molar-refractivity contribution in [3.63, 3.8) is 0 Å². The maximum absolute atomic E-state index is 12.0. The number of carbonyl (C=O) groups is 1. The van der Waals surface area contributed by atoms with Crippen LogP contribution in [0.15, 0.2) is 29.2 Å². The molecule has 124 valence electrons. The van der Waals surface area contributed by atoms with Crippen LogP contribution in [0.2, 0.25) is 5.02 Å². The van der Waals surface area contributed by atoms with Gasteiger partial charge in [0, 0.05) is 11.4 Å². The van der Waals surface area contributed by atoms with Crippen LogP contribution in [0.3, 0.4) is 0 Å². The second-order valence-corrected chi connectivity index (χ2v) is 7.84. The summed E-state index contributed by atoms with van der Waals surface area (Å²) in [5.41, 5.74) is 0. The van der Waals surface area contributed by atoms with Crippen molar-refractivity contribution < 1.29 is 13.2 Å². The lowest BCUT2D eigenvalue weighted by atomic mass is 10.4. The maximum atomic E-state index is 12.0. The van der Waals surface area contributed by atoms with Crippen LogP contribution in [0.5, 0.6) is 0 Å². The van der Waals surface area contributed by atoms with E-state index in [4.69, 9.17) is 11.6 Å². The number of anilines is 1. The van der Waals surface area contributed by atoms with Crippen LogP contribution in [0.4, 0.5) is 5.13 Å². The minimum Gasteiger partial charge on any atom is -0.299 e. The van der Waals surface area contributed by atoms with Gasteiger partial charge in [0.25, 0.3) is 0 Å². The minimum absolute atomic E-state index is 0.0378. The number of benzene rings is 1. The fraction of sp³-hybridized carbons (Fsp3) is 0.308. The molecule has 1 amide bonds. The highest BCUT2D eigenvalue weighted by molar-refractivity contribution is 7.89. The number of nitrogens with one attached hydrogen (secondary N) is 2. The molecule has 1 aromatic carbocycles. The van der Waals surface area contributed by atoms with E-state index in [0.717, 1.165) is 17.8 Å². The Kier molecular flexibility index (Phi) is 6.05. The largest absolute Gasteiger partial charge is 0.299 e. The Morgan fingerprint density at radius 2 is 1.96 bits per heavy atom. The van der Waals surface area contributed by atoms with E-state index < -0.39 is 22.5 Å². The summed E-state index contributed by atoms with van der Waals surface area (Å²) in [7, 11) is -3.77. The average Bonchev–Trinajstić information content (AvgIpc) is 2.93. The monoisotopic (exact) mass is 374 g/mol. The molecule has 0 unspecified atom stereocenters. The zero-order valence-corrected chi connectivity index (χ0v) is 14.6. The maximum Gasteiger partial charge on any atom is 0.241 e. The van der Waals surface area contributed by atoms with E-state index in [1.165, 1.54) is 35.6 Å². The third-order valence-electron chi connectivity index (χ3n) is 2.72. The lowest BCUT2D eigenvalue weighted by Gasteiger charge is -2.06. The van der Waals surface area contributed by atoms with E-state index in [0.29, 0.717) is 10.2 Å². The first-order valence-electron chi connectivity index (χ1n) is 6.78. The molecular formula is C13H15ClN4O3S2. The van der Waals surface area contributed by atoms with E-state index in [1.807, 2.05) is 6.92 Å². The Morgan fingerprint density at radius 1 is 1.26 bits per heavy atom. The number of sulfonamides is 1. The first kappa shape index (κ1) is 17.8. The normalized spacial score (nSPS) is 11.4. The fourth-order valence-corrected chi connectivity index (χ4v) is 3.61. The van der Waals surface area contributed by atoms with E-state index in [9.17, 15) is 13.2 Å². The molecule has 2 rings (SSSR count). The predicted octanol–water partition coefficient (Wildman–Crippen LogP) is 2.06. The zero-order chi connectivity index (χ0) is 16.9. The van der Waals surface area contributed by atoms with Gasteiger partial charge in [-0.1, -0.05) is 29.9 Å². The molecule has 0 aliphatic carbocycles. The Morgan fingerprint density at radius 3 is 2.61 bits per heavy atom. The zero-order valence-electron chi connectivity index (χ0n) is 12.2. The van der Waals surface area contributed by atoms with Gasteiger partial charge in [-0.05, 0) is 30.7 Å². The van der Waals surface area contributed by atoms with Gasteiger partial charge in [0.2, 0.25) is 21.1 Å². The highest BCUT2D eigenvalue weighted by Gasteiger charge is 2.16. The fourth-order valence-electron chi connectivity index (χ4n) is 1.64. The smallest absolute Gasteiger partial charge is 0.241 e. The number of hydrogen-bond acceptors (Lipinski definition) is 6. The van der Waals surface area contributed by atoms with Gasteiger partial charge in [0.15, 0.2) is 0 Å². The van der Waals surface area contributed by atoms with Gasteiger partial charge in [0.05, 0.1) is 11.4 Å². The quantitative estimate of drug-likeness (QED) is 0.772. The summed E-state index contributed by atoms with van der Waals surface area (Å²) in [5, 5.41) is 11.9. The summed E-state index contributed by atoms with van der Waals surface area (Å²) in [4.78, 5) is 11.8. The minimum atomic E-state index is -3.77. The number of aryl methyl sites for hydroxylation is 1. The van der Waals surface area contributed by atoms with E-state index >= 15 is 0 Å². The Balaban J connectivity index is 1.91. The van der Waals surface area contributed by atoms with Crippen LogP contribution >= 0.6 is 22.9 Å². The van der Waals surface area contributed by atoms with Crippen molar-refractivity contribution in [1.82, 2.24) is 14.9 Å². The van der Waals surface area contributed by atoms with Gasteiger partial charge < -0.3 is 0 Å². The van der Waals surface area contributed by atoms with Gasteiger partial charge in [-0.2, -0.15) is 0 Å². The molecule has 0 atom stereocenters. The van der Waals surface area contributed by atoms with Gasteiger partial charge in [-0.25, -0.2) is 13.1 Å². The number of nitrogens with zero attached hydrogens (tertiary/aromatic N) is 2. The van der Waals surface area contributed by atoms with Crippen molar-refractivity contribution in [1.29, 1.82) is 0 Å². The molecule has 0 saturated carbocycles. The average molecular weight is 375 g/mol. The number of halogens is 1. The molecule has 0 bridgehead atoms. The van der Waals surface area contributed by atoms with E-state index in [-0.39, 0.29) is 4.90 Å². The summed E-state index contributed by atoms with van der Waals surface area (Å²) < 4.78 is 26.3. The topological polar surface area (TPSA) is 101 Å². The van der Waals surface area contributed by atoms with Crippen molar-refractivity contribution >= 4 is 44.0 Å². The van der Waals surface area contributed by atoms with E-state index in [2.05, 4.69) is 20.2 Å². The molecule has 2 aromatic rings. The first-order valence-corrected chi connectivity index (χ1v) is 9.46. The van der Waals surface area contributed by atoms with Crippen molar-refractivity contribution in [3.05, 3.63) is 34.3 Å². The number of hydrogen-bond donors (Lipinski definition) is 2. The highest BCUT2D eigenvalue weighted by atomic mass is 35.5. The summed E-state index contributed by atoms with van der Waals surface area (Å²) in [6.45, 7) is 1.62. The van der Waals surface area contributed by atoms with Gasteiger partial charge in [-0.15, -0.1) is 10.2 Å². The number of amides is 1. The standard InChI is InChI=1S/C13H15ClN4O3S2/c1-2-3-12-17-18-13(22-12)16-11(19)8-15-23(20,21)10-6-4-9(14)5-7-10/h4-7,15H,2-3,8H2,1H3,(H,16,18,19). The molecule has 2 N–H and O–H groups in total. The Hall–Kier alpha value is -1.55. The molecule has 1 heterocycles. The van der Waals surface area contributed by atoms with Crippen LogP contribution in [-0.2, 0) is 21.2 Å². The lowest BCUT2D eigenvalue weighted by molar-refractivity contribution is -0.115. The predicted molar refractivity (Wildman–Crippen MR) is 89.2 cm³/mol. The molecular weight excluding hydrogens is 360 g/mol. The summed E-state index contributed by atoms with van der Waals surface area (Å²) in [5.74, 6) is -0.512. The third-order valence-corrected chi connectivity index (χ3v) is 5.29. The molecule has 0 spiro atoms. The van der Waals surface area contributed by atoms with Crippen molar-refractivity contribution in [2.24, 2.45) is 0 Å². The third kappa shape index (κ3) is 5.24. The van der Waals surface area contributed by atoms with Crippen molar-refractivity contribution in [2.45, 2.75) is 24.7 Å².